The van der Waals surface area contributed by atoms with Crippen LogP contribution in [0, 0.1) is 13.8 Å². The number of benzene rings is 1. The van der Waals surface area contributed by atoms with E-state index in [0.29, 0.717) is 30.9 Å². The molecule has 1 aliphatic heterocycles. The summed E-state index contributed by atoms with van der Waals surface area (Å²) in [5, 5.41) is 7.21. The number of morpholine rings is 1. The van der Waals surface area contributed by atoms with Crippen molar-refractivity contribution in [3.8, 4) is 0 Å². The van der Waals surface area contributed by atoms with E-state index in [0.717, 1.165) is 17.0 Å². The van der Waals surface area contributed by atoms with Crippen LogP contribution in [0.5, 0.6) is 0 Å². The highest BCUT2D eigenvalue weighted by molar-refractivity contribution is 5.98. The Kier molecular flexibility index (Phi) is 4.49. The van der Waals surface area contributed by atoms with Gasteiger partial charge in [-0.25, -0.2) is 0 Å². The molecular formula is C18H21N3O3. The molecule has 2 aromatic rings. The Balaban J connectivity index is 1.90. The molecule has 1 aliphatic rings. The summed E-state index contributed by atoms with van der Waals surface area (Å²) in [6.07, 6.45) is 0. The minimum Gasteiger partial charge on any atom is -0.377 e. The summed E-state index contributed by atoms with van der Waals surface area (Å²) >= 11 is 0. The van der Waals surface area contributed by atoms with Gasteiger partial charge in [-0.1, -0.05) is 12.1 Å². The molecule has 1 unspecified atom stereocenters. The first-order valence-corrected chi connectivity index (χ1v) is 8.00. The molecule has 2 heterocycles. The van der Waals surface area contributed by atoms with E-state index < -0.39 is 0 Å². The summed E-state index contributed by atoms with van der Waals surface area (Å²) in [5.41, 5.74) is 4.03. The summed E-state index contributed by atoms with van der Waals surface area (Å²) in [4.78, 5) is 26.2. The van der Waals surface area contributed by atoms with E-state index in [4.69, 9.17) is 4.74 Å². The molecule has 1 N–H and O–H groups in total. The van der Waals surface area contributed by atoms with E-state index in [-0.39, 0.29) is 17.7 Å². The summed E-state index contributed by atoms with van der Waals surface area (Å²) < 4.78 is 5.60. The number of ether oxygens (including phenoxy) is 1. The summed E-state index contributed by atoms with van der Waals surface area (Å²) in [5.74, 6) is -0.0682. The summed E-state index contributed by atoms with van der Waals surface area (Å²) in [7, 11) is 0. The number of aromatic nitrogens is 2. The molecule has 0 bridgehead atoms. The van der Waals surface area contributed by atoms with Gasteiger partial charge in [-0.2, -0.15) is 5.10 Å². The molecule has 24 heavy (non-hydrogen) atoms. The molecule has 1 aromatic heterocycles. The Labute approximate surface area is 140 Å². The highest BCUT2D eigenvalue weighted by Gasteiger charge is 2.32. The Hall–Kier alpha value is -2.47. The maximum absolute atomic E-state index is 13.0. The zero-order chi connectivity index (χ0) is 17.3. The number of amides is 1. The zero-order valence-corrected chi connectivity index (χ0v) is 14.1. The van der Waals surface area contributed by atoms with Gasteiger partial charge in [-0.3, -0.25) is 14.7 Å². The first-order valence-electron chi connectivity index (χ1n) is 8.00. The number of aromatic amines is 1. The highest BCUT2D eigenvalue weighted by atomic mass is 16.5. The van der Waals surface area contributed by atoms with Crippen LogP contribution in [-0.4, -0.2) is 46.5 Å². The van der Waals surface area contributed by atoms with E-state index in [1.807, 2.05) is 18.7 Å². The molecule has 0 radical (unpaired) electrons. The predicted molar refractivity (Wildman–Crippen MR) is 89.1 cm³/mol. The van der Waals surface area contributed by atoms with E-state index in [1.165, 1.54) is 6.92 Å². The minimum absolute atomic E-state index is 0.0112. The summed E-state index contributed by atoms with van der Waals surface area (Å²) in [6.45, 7) is 6.90. The van der Waals surface area contributed by atoms with E-state index in [1.54, 1.807) is 24.3 Å². The van der Waals surface area contributed by atoms with Crippen molar-refractivity contribution < 1.29 is 14.3 Å². The van der Waals surface area contributed by atoms with Crippen molar-refractivity contribution in [3.05, 3.63) is 52.3 Å². The number of carbonyl (C=O) groups is 2. The Morgan fingerprint density at radius 1 is 1.21 bits per heavy atom. The number of hydrogen-bond acceptors (Lipinski definition) is 4. The van der Waals surface area contributed by atoms with Crippen molar-refractivity contribution in [2.24, 2.45) is 0 Å². The third-order valence-corrected chi connectivity index (χ3v) is 4.45. The second-order valence-electron chi connectivity index (χ2n) is 6.07. The maximum Gasteiger partial charge on any atom is 0.254 e. The lowest BCUT2D eigenvalue weighted by atomic mass is 10.0. The van der Waals surface area contributed by atoms with Gasteiger partial charge >= 0.3 is 0 Å². The second-order valence-corrected chi connectivity index (χ2v) is 6.07. The first kappa shape index (κ1) is 16.4. The van der Waals surface area contributed by atoms with Crippen molar-refractivity contribution in [1.82, 2.24) is 15.1 Å². The van der Waals surface area contributed by atoms with Crippen LogP contribution in [0.25, 0.3) is 0 Å². The van der Waals surface area contributed by atoms with Crippen molar-refractivity contribution in [1.29, 1.82) is 0 Å². The molecular weight excluding hydrogens is 306 g/mol. The molecule has 1 atom stereocenters. The highest BCUT2D eigenvalue weighted by Crippen LogP contribution is 2.29. The van der Waals surface area contributed by atoms with Gasteiger partial charge in [0.1, 0.15) is 0 Å². The lowest BCUT2D eigenvalue weighted by molar-refractivity contribution is -0.00301. The molecule has 1 fully saturated rings. The lowest BCUT2D eigenvalue weighted by Crippen LogP contribution is -2.43. The number of rotatable bonds is 3. The van der Waals surface area contributed by atoms with E-state index in [9.17, 15) is 9.59 Å². The SMILES string of the molecule is CC(=O)c1ccc(C(=O)N2CCOCC2c2c(C)n[nH]c2C)cc1. The quantitative estimate of drug-likeness (QED) is 0.879. The Morgan fingerprint density at radius 2 is 1.88 bits per heavy atom. The summed E-state index contributed by atoms with van der Waals surface area (Å²) in [6, 6.07) is 6.65. The van der Waals surface area contributed by atoms with Crippen LogP contribution in [0.1, 0.15) is 50.6 Å². The third kappa shape index (κ3) is 2.97. The molecule has 6 heteroatoms. The lowest BCUT2D eigenvalue weighted by Gasteiger charge is -2.36. The number of H-pyrrole nitrogens is 1. The van der Waals surface area contributed by atoms with Crippen LogP contribution in [0.15, 0.2) is 24.3 Å². The van der Waals surface area contributed by atoms with Crippen LogP contribution in [0.4, 0.5) is 0 Å². The average molecular weight is 327 g/mol. The maximum atomic E-state index is 13.0. The van der Waals surface area contributed by atoms with Gasteiger partial charge in [-0.05, 0) is 32.9 Å². The topological polar surface area (TPSA) is 75.3 Å². The van der Waals surface area contributed by atoms with Crippen molar-refractivity contribution in [2.75, 3.05) is 19.8 Å². The Morgan fingerprint density at radius 3 is 2.46 bits per heavy atom. The molecule has 126 valence electrons. The molecule has 0 aliphatic carbocycles. The number of carbonyl (C=O) groups excluding carboxylic acids is 2. The van der Waals surface area contributed by atoms with Crippen molar-refractivity contribution >= 4 is 11.7 Å². The van der Waals surface area contributed by atoms with Crippen molar-refractivity contribution in [3.63, 3.8) is 0 Å². The van der Waals surface area contributed by atoms with Gasteiger partial charge in [0.2, 0.25) is 0 Å². The monoisotopic (exact) mass is 327 g/mol. The Bertz CT molecular complexity index is 745. The average Bonchev–Trinajstić information content (AvgIpc) is 2.93. The molecule has 0 spiro atoms. The van der Waals surface area contributed by atoms with Crippen LogP contribution in [-0.2, 0) is 4.74 Å². The number of nitrogens with zero attached hydrogens (tertiary/aromatic N) is 2. The number of hydrogen-bond donors (Lipinski definition) is 1. The van der Waals surface area contributed by atoms with Crippen LogP contribution < -0.4 is 0 Å². The molecule has 3 rings (SSSR count). The molecule has 6 nitrogen and oxygen atoms in total. The standard InChI is InChI=1S/C18H21N3O3/c1-11-17(12(2)20-19-11)16-10-24-9-8-21(16)18(23)15-6-4-14(5-7-15)13(3)22/h4-7,16H,8-10H2,1-3H3,(H,19,20). The molecule has 1 aromatic carbocycles. The smallest absolute Gasteiger partial charge is 0.254 e. The first-order chi connectivity index (χ1) is 11.5. The van der Waals surface area contributed by atoms with Crippen LogP contribution in [0.3, 0.4) is 0 Å². The van der Waals surface area contributed by atoms with Gasteiger partial charge < -0.3 is 9.64 Å². The normalized spacial score (nSPS) is 17.8. The van der Waals surface area contributed by atoms with Gasteiger partial charge in [0.15, 0.2) is 5.78 Å². The zero-order valence-electron chi connectivity index (χ0n) is 14.1. The number of ketones is 1. The fourth-order valence-corrected chi connectivity index (χ4v) is 3.15. The molecule has 0 saturated carbocycles. The largest absolute Gasteiger partial charge is 0.377 e. The van der Waals surface area contributed by atoms with E-state index in [2.05, 4.69) is 10.2 Å². The number of aryl methyl sites for hydroxylation is 2. The second kappa shape index (κ2) is 6.57. The van der Waals surface area contributed by atoms with Crippen LogP contribution >= 0.6 is 0 Å². The third-order valence-electron chi connectivity index (χ3n) is 4.45. The number of nitrogens with one attached hydrogen (secondary N) is 1. The van der Waals surface area contributed by atoms with Gasteiger partial charge in [0.05, 0.1) is 24.9 Å². The molecule has 1 saturated heterocycles. The van der Waals surface area contributed by atoms with Gasteiger partial charge in [0.25, 0.3) is 5.91 Å². The van der Waals surface area contributed by atoms with E-state index >= 15 is 0 Å². The minimum atomic E-state index is -0.155. The van der Waals surface area contributed by atoms with Gasteiger partial charge in [0, 0.05) is 28.9 Å². The van der Waals surface area contributed by atoms with Crippen LogP contribution in [0.2, 0.25) is 0 Å². The van der Waals surface area contributed by atoms with Crippen molar-refractivity contribution in [2.45, 2.75) is 26.8 Å². The molecule has 1 amide bonds. The fourth-order valence-electron chi connectivity index (χ4n) is 3.15. The fraction of sp³-hybridized carbons (Fsp3) is 0.389. The number of Topliss-reactive ketones (excluding diaryl/α,β-unsaturated/α-hetero) is 1. The van der Waals surface area contributed by atoms with Gasteiger partial charge in [-0.15, -0.1) is 0 Å². The predicted octanol–water partition coefficient (Wildman–Crippen LogP) is 2.44.